The molecule has 0 aliphatic heterocycles. The molecular formula is C15H18O3. The Labute approximate surface area is 107 Å². The van der Waals surface area contributed by atoms with Crippen LogP contribution in [0.3, 0.4) is 0 Å². The molecule has 0 atom stereocenters. The predicted octanol–water partition coefficient (Wildman–Crippen LogP) is 3.35. The molecule has 0 radical (unpaired) electrons. The fourth-order valence-electron chi connectivity index (χ4n) is 2.00. The highest BCUT2D eigenvalue weighted by atomic mass is 16.5. The number of benzene rings is 1. The van der Waals surface area contributed by atoms with E-state index < -0.39 is 0 Å². The van der Waals surface area contributed by atoms with Crippen LogP contribution in [-0.4, -0.2) is 19.7 Å². The topological polar surface area (TPSA) is 35.5 Å². The van der Waals surface area contributed by atoms with Gasteiger partial charge in [-0.1, -0.05) is 6.08 Å². The highest BCUT2D eigenvalue weighted by Crippen LogP contribution is 2.18. The van der Waals surface area contributed by atoms with Crippen LogP contribution in [0, 0.1) is 0 Å². The lowest BCUT2D eigenvalue weighted by Gasteiger charge is -2.12. The number of allylic oxidation sites excluding steroid dienone is 1. The number of rotatable bonds is 4. The van der Waals surface area contributed by atoms with E-state index in [0.29, 0.717) is 12.2 Å². The van der Waals surface area contributed by atoms with Gasteiger partial charge in [-0.05, 0) is 55.5 Å². The van der Waals surface area contributed by atoms with Gasteiger partial charge < -0.3 is 9.47 Å². The average molecular weight is 246 g/mol. The molecule has 0 aromatic heterocycles. The molecular weight excluding hydrogens is 228 g/mol. The van der Waals surface area contributed by atoms with Gasteiger partial charge >= 0.3 is 5.97 Å². The zero-order valence-electron chi connectivity index (χ0n) is 10.6. The van der Waals surface area contributed by atoms with Crippen molar-refractivity contribution < 1.29 is 14.3 Å². The Morgan fingerprint density at radius 2 is 2.00 bits per heavy atom. The van der Waals surface area contributed by atoms with E-state index in [1.54, 1.807) is 31.4 Å². The number of hydrogen-bond donors (Lipinski definition) is 0. The Bertz CT molecular complexity index is 432. The third-order valence-corrected chi connectivity index (χ3v) is 3.10. The summed E-state index contributed by atoms with van der Waals surface area (Å²) in [4.78, 5) is 11.8. The van der Waals surface area contributed by atoms with Gasteiger partial charge in [-0.25, -0.2) is 4.79 Å². The van der Waals surface area contributed by atoms with Gasteiger partial charge in [0.2, 0.25) is 0 Å². The summed E-state index contributed by atoms with van der Waals surface area (Å²) in [5, 5.41) is 0. The van der Waals surface area contributed by atoms with Crippen molar-refractivity contribution in [3.63, 3.8) is 0 Å². The summed E-state index contributed by atoms with van der Waals surface area (Å²) in [6.45, 7) is 0.421. The lowest BCUT2D eigenvalue weighted by molar-refractivity contribution is 0.0536. The molecule has 3 heteroatoms. The van der Waals surface area contributed by atoms with Crippen molar-refractivity contribution in [3.8, 4) is 5.75 Å². The third kappa shape index (κ3) is 3.36. The standard InChI is InChI=1S/C15H18O3/c1-17-14-9-7-13(8-10-14)15(16)18-11-12-5-3-2-4-6-12/h5,7-10H,2-4,6,11H2,1H3. The van der Waals surface area contributed by atoms with Crippen molar-refractivity contribution in [2.24, 2.45) is 0 Å². The summed E-state index contributed by atoms with van der Waals surface area (Å²) in [6, 6.07) is 6.96. The van der Waals surface area contributed by atoms with Crippen molar-refractivity contribution in [1.82, 2.24) is 0 Å². The van der Waals surface area contributed by atoms with Crippen LogP contribution in [0.1, 0.15) is 36.0 Å². The molecule has 2 rings (SSSR count). The molecule has 0 fully saturated rings. The van der Waals surface area contributed by atoms with Crippen molar-refractivity contribution in [1.29, 1.82) is 0 Å². The largest absolute Gasteiger partial charge is 0.497 e. The van der Waals surface area contributed by atoms with Crippen LogP contribution in [-0.2, 0) is 4.74 Å². The number of esters is 1. The van der Waals surface area contributed by atoms with Crippen molar-refractivity contribution in [2.75, 3.05) is 13.7 Å². The summed E-state index contributed by atoms with van der Waals surface area (Å²) in [6.07, 6.45) is 6.79. The zero-order chi connectivity index (χ0) is 12.8. The summed E-state index contributed by atoms with van der Waals surface area (Å²) in [5.41, 5.74) is 1.80. The van der Waals surface area contributed by atoms with Crippen LogP contribution >= 0.6 is 0 Å². The van der Waals surface area contributed by atoms with Gasteiger partial charge in [-0.15, -0.1) is 0 Å². The number of methoxy groups -OCH3 is 1. The Morgan fingerprint density at radius 3 is 2.61 bits per heavy atom. The number of hydrogen-bond acceptors (Lipinski definition) is 3. The number of carbonyl (C=O) groups excluding carboxylic acids is 1. The van der Waals surface area contributed by atoms with Crippen molar-refractivity contribution >= 4 is 5.97 Å². The van der Waals surface area contributed by atoms with E-state index in [1.165, 1.54) is 18.4 Å². The van der Waals surface area contributed by atoms with Gasteiger partial charge in [-0.2, -0.15) is 0 Å². The SMILES string of the molecule is COc1ccc(C(=O)OCC2=CCCCC2)cc1. The Morgan fingerprint density at radius 1 is 1.22 bits per heavy atom. The van der Waals surface area contributed by atoms with E-state index in [2.05, 4.69) is 6.08 Å². The molecule has 18 heavy (non-hydrogen) atoms. The summed E-state index contributed by atoms with van der Waals surface area (Å²) in [7, 11) is 1.60. The Hall–Kier alpha value is -1.77. The molecule has 0 amide bonds. The van der Waals surface area contributed by atoms with Crippen molar-refractivity contribution in [3.05, 3.63) is 41.5 Å². The Balaban J connectivity index is 1.88. The first kappa shape index (κ1) is 12.7. The van der Waals surface area contributed by atoms with Gasteiger partial charge in [0.15, 0.2) is 0 Å². The molecule has 0 heterocycles. The second-order valence-electron chi connectivity index (χ2n) is 4.41. The van der Waals surface area contributed by atoms with Gasteiger partial charge in [0.05, 0.1) is 12.7 Å². The fraction of sp³-hybridized carbons (Fsp3) is 0.400. The summed E-state index contributed by atoms with van der Waals surface area (Å²) < 4.78 is 10.3. The third-order valence-electron chi connectivity index (χ3n) is 3.10. The van der Waals surface area contributed by atoms with Crippen LogP contribution < -0.4 is 4.74 Å². The molecule has 3 nitrogen and oxygen atoms in total. The quantitative estimate of drug-likeness (QED) is 0.603. The molecule has 0 bridgehead atoms. The Kier molecular flexibility index (Phi) is 4.40. The van der Waals surface area contributed by atoms with E-state index >= 15 is 0 Å². The fourth-order valence-corrected chi connectivity index (χ4v) is 2.00. The van der Waals surface area contributed by atoms with Gasteiger partial charge in [0.25, 0.3) is 0 Å². The van der Waals surface area contributed by atoms with Crippen LogP contribution in [0.2, 0.25) is 0 Å². The van der Waals surface area contributed by atoms with Crippen LogP contribution in [0.5, 0.6) is 5.75 Å². The van der Waals surface area contributed by atoms with E-state index in [-0.39, 0.29) is 5.97 Å². The maximum atomic E-state index is 11.8. The maximum Gasteiger partial charge on any atom is 0.338 e. The molecule has 0 spiro atoms. The summed E-state index contributed by atoms with van der Waals surface area (Å²) in [5.74, 6) is 0.464. The van der Waals surface area contributed by atoms with E-state index in [1.807, 2.05) is 0 Å². The molecule has 96 valence electrons. The van der Waals surface area contributed by atoms with Gasteiger partial charge in [0.1, 0.15) is 12.4 Å². The predicted molar refractivity (Wildman–Crippen MR) is 69.8 cm³/mol. The molecule has 0 saturated heterocycles. The molecule has 0 N–H and O–H groups in total. The highest BCUT2D eigenvalue weighted by molar-refractivity contribution is 5.89. The minimum atomic E-state index is -0.274. The second kappa shape index (κ2) is 6.24. The van der Waals surface area contributed by atoms with Gasteiger partial charge in [0, 0.05) is 0 Å². The molecule has 1 aliphatic carbocycles. The monoisotopic (exact) mass is 246 g/mol. The van der Waals surface area contributed by atoms with Crippen LogP contribution in [0.4, 0.5) is 0 Å². The zero-order valence-corrected chi connectivity index (χ0v) is 10.6. The van der Waals surface area contributed by atoms with Crippen molar-refractivity contribution in [2.45, 2.75) is 25.7 Å². The molecule has 0 saturated carbocycles. The lowest BCUT2D eigenvalue weighted by atomic mass is 10.0. The first-order chi connectivity index (χ1) is 8.79. The lowest BCUT2D eigenvalue weighted by Crippen LogP contribution is -2.09. The molecule has 1 aliphatic rings. The minimum absolute atomic E-state index is 0.274. The highest BCUT2D eigenvalue weighted by Gasteiger charge is 2.09. The van der Waals surface area contributed by atoms with Crippen LogP contribution in [0.25, 0.3) is 0 Å². The first-order valence-corrected chi connectivity index (χ1v) is 6.28. The van der Waals surface area contributed by atoms with E-state index in [0.717, 1.165) is 18.6 Å². The van der Waals surface area contributed by atoms with E-state index in [4.69, 9.17) is 9.47 Å². The number of ether oxygens (including phenoxy) is 2. The minimum Gasteiger partial charge on any atom is -0.497 e. The first-order valence-electron chi connectivity index (χ1n) is 6.28. The molecule has 0 unspecified atom stereocenters. The smallest absolute Gasteiger partial charge is 0.338 e. The van der Waals surface area contributed by atoms with Gasteiger partial charge in [-0.3, -0.25) is 0 Å². The normalized spacial score (nSPS) is 14.8. The number of carbonyl (C=O) groups is 1. The average Bonchev–Trinajstić information content (AvgIpc) is 2.46. The second-order valence-corrected chi connectivity index (χ2v) is 4.41. The van der Waals surface area contributed by atoms with E-state index in [9.17, 15) is 4.79 Å². The van der Waals surface area contributed by atoms with Crippen LogP contribution in [0.15, 0.2) is 35.9 Å². The summed E-state index contributed by atoms with van der Waals surface area (Å²) >= 11 is 0. The molecule has 1 aromatic rings. The maximum absolute atomic E-state index is 11.8. The molecule has 1 aromatic carbocycles.